The molecule has 0 radical (unpaired) electrons. The molecule has 0 saturated carbocycles. The number of nitrogens with zero attached hydrogens (tertiary/aromatic N) is 1. The van der Waals surface area contributed by atoms with Crippen LogP contribution in [0, 0.1) is 6.92 Å². The van der Waals surface area contributed by atoms with Crippen LogP contribution >= 0.6 is 0 Å². The largest absolute Gasteiger partial charge is 0.445 e. The molecule has 6 heteroatoms. The van der Waals surface area contributed by atoms with E-state index in [2.05, 4.69) is 15.6 Å². The van der Waals surface area contributed by atoms with Gasteiger partial charge in [-0.15, -0.1) is 0 Å². The van der Waals surface area contributed by atoms with Crippen LogP contribution in [0.15, 0.2) is 48.5 Å². The molecule has 1 heterocycles. The van der Waals surface area contributed by atoms with Crippen molar-refractivity contribution in [2.24, 2.45) is 0 Å². The van der Waals surface area contributed by atoms with Crippen molar-refractivity contribution in [3.05, 3.63) is 59.8 Å². The minimum atomic E-state index is -0.736. The molecule has 1 aromatic heterocycles. The van der Waals surface area contributed by atoms with Crippen molar-refractivity contribution in [3.8, 4) is 0 Å². The number of aryl methyl sites for hydroxylation is 1. The fourth-order valence-electron chi connectivity index (χ4n) is 1.85. The Morgan fingerprint density at radius 2 is 1.87 bits per heavy atom. The Hall–Kier alpha value is -2.89. The van der Waals surface area contributed by atoms with E-state index in [9.17, 15) is 9.59 Å². The number of nitrogens with one attached hydrogen (secondary N) is 2. The van der Waals surface area contributed by atoms with Crippen molar-refractivity contribution < 1.29 is 14.3 Å². The highest BCUT2D eigenvalue weighted by Gasteiger charge is 2.16. The maximum absolute atomic E-state index is 12.0. The highest BCUT2D eigenvalue weighted by molar-refractivity contribution is 5.95. The van der Waals surface area contributed by atoms with Crippen LogP contribution in [0.1, 0.15) is 18.2 Å². The molecule has 120 valence electrons. The second kappa shape index (κ2) is 7.93. The Morgan fingerprint density at radius 3 is 2.57 bits per heavy atom. The molecule has 0 aliphatic heterocycles. The van der Waals surface area contributed by atoms with Crippen molar-refractivity contribution in [1.82, 2.24) is 10.3 Å². The van der Waals surface area contributed by atoms with Crippen LogP contribution in [-0.4, -0.2) is 23.0 Å². The number of ether oxygens (including phenoxy) is 1. The molecular weight excluding hydrogens is 294 g/mol. The molecule has 23 heavy (non-hydrogen) atoms. The van der Waals surface area contributed by atoms with Crippen LogP contribution in [0.2, 0.25) is 0 Å². The van der Waals surface area contributed by atoms with E-state index in [-0.39, 0.29) is 12.5 Å². The molecule has 2 aromatic rings. The van der Waals surface area contributed by atoms with Gasteiger partial charge in [-0.25, -0.2) is 9.78 Å². The molecular formula is C17H19N3O3. The zero-order valence-corrected chi connectivity index (χ0v) is 13.1. The number of aromatic nitrogens is 1. The summed E-state index contributed by atoms with van der Waals surface area (Å²) in [6.07, 6.45) is -0.645. The Balaban J connectivity index is 1.79. The van der Waals surface area contributed by atoms with Crippen LogP contribution in [0.4, 0.5) is 10.6 Å². The van der Waals surface area contributed by atoms with Gasteiger partial charge in [-0.1, -0.05) is 36.4 Å². The first-order valence-corrected chi connectivity index (χ1v) is 7.26. The van der Waals surface area contributed by atoms with Gasteiger partial charge in [0.2, 0.25) is 5.91 Å². The van der Waals surface area contributed by atoms with E-state index in [4.69, 9.17) is 4.74 Å². The van der Waals surface area contributed by atoms with Gasteiger partial charge in [0.05, 0.1) is 0 Å². The molecule has 1 aromatic carbocycles. The predicted octanol–water partition coefficient (Wildman–Crippen LogP) is 2.64. The van der Waals surface area contributed by atoms with Crippen molar-refractivity contribution in [2.45, 2.75) is 26.5 Å². The summed E-state index contributed by atoms with van der Waals surface area (Å²) in [4.78, 5) is 27.9. The first kappa shape index (κ1) is 16.5. The number of hydrogen-bond donors (Lipinski definition) is 2. The second-order valence-electron chi connectivity index (χ2n) is 5.08. The van der Waals surface area contributed by atoms with Crippen molar-refractivity contribution in [1.29, 1.82) is 0 Å². The summed E-state index contributed by atoms with van der Waals surface area (Å²) in [5.41, 5.74) is 1.68. The van der Waals surface area contributed by atoms with E-state index >= 15 is 0 Å². The molecule has 0 saturated heterocycles. The summed E-state index contributed by atoms with van der Waals surface area (Å²) in [5, 5.41) is 5.13. The third kappa shape index (κ3) is 5.43. The lowest BCUT2D eigenvalue weighted by atomic mass is 10.2. The van der Waals surface area contributed by atoms with Crippen LogP contribution in [0.3, 0.4) is 0 Å². The van der Waals surface area contributed by atoms with Gasteiger partial charge in [-0.2, -0.15) is 0 Å². The molecule has 0 bridgehead atoms. The van der Waals surface area contributed by atoms with Gasteiger partial charge < -0.3 is 15.4 Å². The fourth-order valence-corrected chi connectivity index (χ4v) is 1.85. The number of rotatable bonds is 5. The Morgan fingerprint density at radius 1 is 1.13 bits per heavy atom. The molecule has 0 aliphatic rings. The SMILES string of the molecule is Cc1cccc(NC(=O)[C@H](C)NC(=O)OCc2ccccc2)n1. The maximum Gasteiger partial charge on any atom is 0.408 e. The lowest BCUT2D eigenvalue weighted by Crippen LogP contribution is -2.41. The van der Waals surface area contributed by atoms with Crippen LogP contribution in [0.25, 0.3) is 0 Å². The van der Waals surface area contributed by atoms with Crippen LogP contribution in [-0.2, 0) is 16.1 Å². The topological polar surface area (TPSA) is 80.3 Å². The molecule has 2 amide bonds. The lowest BCUT2D eigenvalue weighted by molar-refractivity contribution is -0.117. The van der Waals surface area contributed by atoms with E-state index in [0.717, 1.165) is 11.3 Å². The number of benzene rings is 1. The zero-order chi connectivity index (χ0) is 16.7. The van der Waals surface area contributed by atoms with Gasteiger partial charge in [0, 0.05) is 5.69 Å². The highest BCUT2D eigenvalue weighted by Crippen LogP contribution is 2.05. The normalized spacial score (nSPS) is 11.4. The smallest absolute Gasteiger partial charge is 0.408 e. The van der Waals surface area contributed by atoms with E-state index in [0.29, 0.717) is 5.82 Å². The summed E-state index contributed by atoms with van der Waals surface area (Å²) in [6, 6.07) is 13.9. The average molecular weight is 313 g/mol. The number of carbonyl (C=O) groups excluding carboxylic acids is 2. The van der Waals surface area contributed by atoms with E-state index in [1.165, 1.54) is 0 Å². The van der Waals surface area contributed by atoms with Gasteiger partial charge in [0.15, 0.2) is 0 Å². The summed E-state index contributed by atoms with van der Waals surface area (Å²) < 4.78 is 5.07. The summed E-state index contributed by atoms with van der Waals surface area (Å²) in [7, 11) is 0. The first-order chi connectivity index (χ1) is 11.0. The monoisotopic (exact) mass is 313 g/mol. The third-order valence-electron chi connectivity index (χ3n) is 3.08. The first-order valence-electron chi connectivity index (χ1n) is 7.26. The average Bonchev–Trinajstić information content (AvgIpc) is 2.54. The fraction of sp³-hybridized carbons (Fsp3) is 0.235. The number of pyridine rings is 1. The summed E-state index contributed by atoms with van der Waals surface area (Å²) >= 11 is 0. The molecule has 0 aliphatic carbocycles. The Kier molecular flexibility index (Phi) is 5.68. The molecule has 1 atom stereocenters. The van der Waals surface area contributed by atoms with Gasteiger partial charge in [0.25, 0.3) is 0 Å². The van der Waals surface area contributed by atoms with Gasteiger partial charge in [-0.3, -0.25) is 4.79 Å². The Bertz CT molecular complexity index is 674. The second-order valence-corrected chi connectivity index (χ2v) is 5.08. The standard InChI is InChI=1S/C17H19N3O3/c1-12-7-6-10-15(18-12)20-16(21)13(2)19-17(22)23-11-14-8-4-3-5-9-14/h3-10,13H,11H2,1-2H3,(H,19,22)(H,18,20,21)/t13-/m0/s1. The van der Waals surface area contributed by atoms with E-state index < -0.39 is 12.1 Å². The Labute approximate surface area is 134 Å². The van der Waals surface area contributed by atoms with E-state index in [1.807, 2.05) is 43.3 Å². The molecule has 0 unspecified atom stereocenters. The number of alkyl carbamates (subject to hydrolysis) is 1. The summed E-state index contributed by atoms with van der Waals surface area (Å²) in [6.45, 7) is 3.56. The van der Waals surface area contributed by atoms with Crippen molar-refractivity contribution in [2.75, 3.05) is 5.32 Å². The lowest BCUT2D eigenvalue weighted by Gasteiger charge is -2.14. The number of amides is 2. The van der Waals surface area contributed by atoms with Crippen molar-refractivity contribution in [3.63, 3.8) is 0 Å². The third-order valence-corrected chi connectivity index (χ3v) is 3.08. The molecule has 0 spiro atoms. The minimum absolute atomic E-state index is 0.153. The molecule has 2 N–H and O–H groups in total. The maximum atomic E-state index is 12.0. The minimum Gasteiger partial charge on any atom is -0.445 e. The molecule has 0 fully saturated rings. The quantitative estimate of drug-likeness (QED) is 0.889. The summed E-state index contributed by atoms with van der Waals surface area (Å²) in [5.74, 6) is 0.0843. The van der Waals surface area contributed by atoms with E-state index in [1.54, 1.807) is 19.1 Å². The van der Waals surface area contributed by atoms with Gasteiger partial charge in [0.1, 0.15) is 18.5 Å². The number of hydrogen-bond acceptors (Lipinski definition) is 4. The zero-order valence-electron chi connectivity index (χ0n) is 13.1. The van der Waals surface area contributed by atoms with Gasteiger partial charge in [-0.05, 0) is 31.5 Å². The highest BCUT2D eigenvalue weighted by atomic mass is 16.5. The number of carbonyl (C=O) groups is 2. The van der Waals surface area contributed by atoms with Gasteiger partial charge >= 0.3 is 6.09 Å². The van der Waals surface area contributed by atoms with Crippen molar-refractivity contribution >= 4 is 17.8 Å². The molecule has 6 nitrogen and oxygen atoms in total. The predicted molar refractivity (Wildman–Crippen MR) is 86.8 cm³/mol. The number of anilines is 1. The van der Waals surface area contributed by atoms with Crippen LogP contribution in [0.5, 0.6) is 0 Å². The molecule has 2 rings (SSSR count). The van der Waals surface area contributed by atoms with Crippen LogP contribution < -0.4 is 10.6 Å².